The highest BCUT2D eigenvalue weighted by atomic mass is 16.5. The predicted molar refractivity (Wildman–Crippen MR) is 131 cm³/mol. The summed E-state index contributed by atoms with van der Waals surface area (Å²) in [5.41, 5.74) is 2.69. The smallest absolute Gasteiger partial charge is 0.251 e. The Bertz CT molecular complexity index is 992. The molecule has 174 valence electrons. The maximum absolute atomic E-state index is 13.0. The van der Waals surface area contributed by atoms with Crippen molar-refractivity contribution in [3.8, 4) is 11.5 Å². The molecule has 2 aromatic carbocycles. The van der Waals surface area contributed by atoms with E-state index >= 15 is 0 Å². The summed E-state index contributed by atoms with van der Waals surface area (Å²) in [7, 11) is 0. The standard InChI is InChI=1S/C27H33N3O3/c1-4-30(5-2)24(22-12-8-7-9-13-22)19-29-27(31)23-14-15-25(26(17-23)32-6-3)33-20-21-11-10-16-28-18-21/h7-18,24H,4-6,19-20H2,1-3H3,(H,29,31). The highest BCUT2D eigenvalue weighted by Gasteiger charge is 2.19. The minimum atomic E-state index is -0.136. The van der Waals surface area contributed by atoms with Gasteiger partial charge >= 0.3 is 0 Å². The van der Waals surface area contributed by atoms with Crippen LogP contribution in [0.3, 0.4) is 0 Å². The number of aromatic nitrogens is 1. The van der Waals surface area contributed by atoms with E-state index in [2.05, 4.69) is 41.2 Å². The summed E-state index contributed by atoms with van der Waals surface area (Å²) in [5, 5.41) is 3.11. The van der Waals surface area contributed by atoms with Crippen LogP contribution < -0.4 is 14.8 Å². The molecule has 0 saturated heterocycles. The topological polar surface area (TPSA) is 63.7 Å². The maximum Gasteiger partial charge on any atom is 0.251 e. The van der Waals surface area contributed by atoms with Gasteiger partial charge in [0.2, 0.25) is 0 Å². The van der Waals surface area contributed by atoms with Gasteiger partial charge in [0.05, 0.1) is 12.6 Å². The Balaban J connectivity index is 1.70. The molecule has 1 atom stereocenters. The number of ether oxygens (including phenoxy) is 2. The van der Waals surface area contributed by atoms with Crippen LogP contribution in [0.2, 0.25) is 0 Å². The van der Waals surface area contributed by atoms with Crippen LogP contribution in [-0.4, -0.2) is 42.0 Å². The van der Waals surface area contributed by atoms with Crippen molar-refractivity contribution in [1.29, 1.82) is 0 Å². The Morgan fingerprint density at radius 3 is 2.42 bits per heavy atom. The quantitative estimate of drug-likeness (QED) is 0.429. The third kappa shape index (κ3) is 6.80. The second kappa shape index (κ2) is 12.6. The molecule has 0 saturated carbocycles. The van der Waals surface area contributed by atoms with Gasteiger partial charge < -0.3 is 14.8 Å². The number of hydrogen-bond acceptors (Lipinski definition) is 5. The third-order valence-corrected chi connectivity index (χ3v) is 5.52. The van der Waals surface area contributed by atoms with Crippen molar-refractivity contribution in [2.24, 2.45) is 0 Å². The molecule has 1 heterocycles. The lowest BCUT2D eigenvalue weighted by Crippen LogP contribution is -2.38. The number of carbonyl (C=O) groups is 1. The van der Waals surface area contributed by atoms with Gasteiger partial charge in [-0.05, 0) is 49.8 Å². The number of hydrogen-bond donors (Lipinski definition) is 1. The summed E-state index contributed by atoms with van der Waals surface area (Å²) in [4.78, 5) is 19.4. The van der Waals surface area contributed by atoms with Crippen molar-refractivity contribution in [1.82, 2.24) is 15.2 Å². The zero-order chi connectivity index (χ0) is 23.5. The Morgan fingerprint density at radius 1 is 0.970 bits per heavy atom. The van der Waals surface area contributed by atoms with Gasteiger partial charge in [0.1, 0.15) is 6.61 Å². The van der Waals surface area contributed by atoms with E-state index in [1.807, 2.05) is 37.3 Å². The zero-order valence-electron chi connectivity index (χ0n) is 19.7. The Kier molecular flexibility index (Phi) is 9.27. The maximum atomic E-state index is 13.0. The van der Waals surface area contributed by atoms with Gasteiger partial charge in [0.15, 0.2) is 11.5 Å². The normalized spacial score (nSPS) is 11.8. The molecule has 3 rings (SSSR count). The van der Waals surface area contributed by atoms with E-state index < -0.39 is 0 Å². The van der Waals surface area contributed by atoms with Crippen molar-refractivity contribution >= 4 is 5.91 Å². The van der Waals surface area contributed by atoms with Crippen LogP contribution in [0.15, 0.2) is 73.1 Å². The first-order chi connectivity index (χ1) is 16.2. The second-order valence-electron chi connectivity index (χ2n) is 7.60. The lowest BCUT2D eigenvalue weighted by Gasteiger charge is -2.30. The van der Waals surface area contributed by atoms with E-state index in [1.165, 1.54) is 5.56 Å². The summed E-state index contributed by atoms with van der Waals surface area (Å²) in [6.45, 7) is 9.38. The molecule has 0 spiro atoms. The summed E-state index contributed by atoms with van der Waals surface area (Å²) in [6.07, 6.45) is 3.49. The molecule has 0 radical (unpaired) electrons. The summed E-state index contributed by atoms with van der Waals surface area (Å²) in [5.74, 6) is 1.02. The molecule has 33 heavy (non-hydrogen) atoms. The Labute approximate surface area is 196 Å². The molecule has 1 amide bonds. The average Bonchev–Trinajstić information content (AvgIpc) is 2.87. The van der Waals surface area contributed by atoms with E-state index in [4.69, 9.17) is 9.47 Å². The molecule has 0 bridgehead atoms. The molecule has 0 aliphatic carbocycles. The van der Waals surface area contributed by atoms with Crippen LogP contribution in [0.5, 0.6) is 11.5 Å². The molecule has 3 aromatic rings. The van der Waals surface area contributed by atoms with Crippen LogP contribution in [0.1, 0.15) is 48.3 Å². The molecule has 0 fully saturated rings. The fourth-order valence-electron chi connectivity index (χ4n) is 3.77. The van der Waals surface area contributed by atoms with Gasteiger partial charge in [-0.15, -0.1) is 0 Å². The van der Waals surface area contributed by atoms with Crippen LogP contribution in [0.25, 0.3) is 0 Å². The van der Waals surface area contributed by atoms with Crippen molar-refractivity contribution in [2.75, 3.05) is 26.2 Å². The molecule has 0 aliphatic rings. The average molecular weight is 448 g/mol. The number of benzene rings is 2. The van der Waals surface area contributed by atoms with E-state index in [0.717, 1.165) is 18.7 Å². The van der Waals surface area contributed by atoms with E-state index in [9.17, 15) is 4.79 Å². The van der Waals surface area contributed by atoms with Crippen LogP contribution in [0.4, 0.5) is 0 Å². The van der Waals surface area contributed by atoms with Crippen LogP contribution in [0, 0.1) is 0 Å². The van der Waals surface area contributed by atoms with Gasteiger partial charge in [0, 0.05) is 30.1 Å². The van der Waals surface area contributed by atoms with Gasteiger partial charge in [-0.3, -0.25) is 14.7 Å². The second-order valence-corrected chi connectivity index (χ2v) is 7.60. The SMILES string of the molecule is CCOc1cc(C(=O)NCC(c2ccccc2)N(CC)CC)ccc1OCc1cccnc1. The summed E-state index contributed by atoms with van der Waals surface area (Å²) >= 11 is 0. The fourth-order valence-corrected chi connectivity index (χ4v) is 3.77. The molecule has 6 heteroatoms. The van der Waals surface area contributed by atoms with Crippen LogP contribution >= 0.6 is 0 Å². The molecule has 1 N–H and O–H groups in total. The van der Waals surface area contributed by atoms with Crippen molar-refractivity contribution in [3.05, 3.63) is 89.7 Å². The molecule has 6 nitrogen and oxygen atoms in total. The largest absolute Gasteiger partial charge is 0.490 e. The number of nitrogens with one attached hydrogen (secondary N) is 1. The minimum Gasteiger partial charge on any atom is -0.490 e. The van der Waals surface area contributed by atoms with Gasteiger partial charge in [0.25, 0.3) is 5.91 Å². The first-order valence-electron chi connectivity index (χ1n) is 11.5. The highest BCUT2D eigenvalue weighted by molar-refractivity contribution is 5.94. The number of rotatable bonds is 12. The van der Waals surface area contributed by atoms with E-state index in [0.29, 0.717) is 36.8 Å². The number of nitrogens with zero attached hydrogens (tertiary/aromatic N) is 2. The molecular formula is C27H33N3O3. The monoisotopic (exact) mass is 447 g/mol. The van der Waals surface area contributed by atoms with Crippen molar-refractivity contribution in [2.45, 2.75) is 33.4 Å². The zero-order valence-corrected chi connectivity index (χ0v) is 19.7. The molecule has 1 unspecified atom stereocenters. The third-order valence-electron chi connectivity index (χ3n) is 5.52. The Hall–Kier alpha value is -3.38. The Morgan fingerprint density at radius 2 is 1.76 bits per heavy atom. The summed E-state index contributed by atoms with van der Waals surface area (Å²) < 4.78 is 11.7. The number of likely N-dealkylation sites (N-methyl/N-ethyl adjacent to an activating group) is 1. The van der Waals surface area contributed by atoms with Crippen molar-refractivity contribution in [3.63, 3.8) is 0 Å². The molecular weight excluding hydrogens is 414 g/mol. The predicted octanol–water partition coefficient (Wildman–Crippen LogP) is 4.87. The summed E-state index contributed by atoms with van der Waals surface area (Å²) in [6, 6.07) is 19.5. The fraction of sp³-hybridized carbons (Fsp3) is 0.333. The van der Waals surface area contributed by atoms with E-state index in [-0.39, 0.29) is 11.9 Å². The van der Waals surface area contributed by atoms with E-state index in [1.54, 1.807) is 30.6 Å². The minimum absolute atomic E-state index is 0.110. The number of amides is 1. The first-order valence-corrected chi connectivity index (χ1v) is 11.5. The first kappa shape index (κ1) is 24.3. The molecule has 0 aliphatic heterocycles. The van der Waals surface area contributed by atoms with Gasteiger partial charge in [-0.2, -0.15) is 0 Å². The number of pyridine rings is 1. The van der Waals surface area contributed by atoms with Gasteiger partial charge in [-0.25, -0.2) is 0 Å². The molecule has 1 aromatic heterocycles. The van der Waals surface area contributed by atoms with Crippen LogP contribution in [-0.2, 0) is 6.61 Å². The van der Waals surface area contributed by atoms with Crippen molar-refractivity contribution < 1.29 is 14.3 Å². The van der Waals surface area contributed by atoms with Gasteiger partial charge in [-0.1, -0.05) is 50.2 Å². The number of carbonyl (C=O) groups excluding carboxylic acids is 1. The lowest BCUT2D eigenvalue weighted by molar-refractivity contribution is 0.0934. The highest BCUT2D eigenvalue weighted by Crippen LogP contribution is 2.29. The lowest BCUT2D eigenvalue weighted by atomic mass is 10.0.